The summed E-state index contributed by atoms with van der Waals surface area (Å²) in [5, 5.41) is 6.15. The molecule has 0 aliphatic carbocycles. The molecular weight excluding hydrogens is 314 g/mol. The van der Waals surface area contributed by atoms with Gasteiger partial charge in [0.05, 0.1) is 19.2 Å². The number of nitrogens with zero attached hydrogens (tertiary/aromatic N) is 2. The Kier molecular flexibility index (Phi) is 5.04. The van der Waals surface area contributed by atoms with Gasteiger partial charge in [0.25, 0.3) is 0 Å². The van der Waals surface area contributed by atoms with Crippen LogP contribution in [0.3, 0.4) is 0 Å². The summed E-state index contributed by atoms with van der Waals surface area (Å²) in [4.78, 5) is 16.2. The van der Waals surface area contributed by atoms with Gasteiger partial charge in [-0.05, 0) is 53.1 Å². The first-order chi connectivity index (χ1) is 12.2. The van der Waals surface area contributed by atoms with Gasteiger partial charge in [-0.25, -0.2) is 5.43 Å². The number of methoxy groups -OCH3 is 1. The first kappa shape index (κ1) is 16.6. The van der Waals surface area contributed by atoms with Gasteiger partial charge in [-0.15, -0.1) is 0 Å². The molecule has 0 unspecified atom stereocenters. The molecule has 126 valence electrons. The minimum Gasteiger partial charge on any atom is -0.497 e. The smallest absolute Gasteiger partial charge is 0.247 e. The van der Waals surface area contributed by atoms with Crippen molar-refractivity contribution in [2.45, 2.75) is 12.8 Å². The maximum atomic E-state index is 12.3. The number of ether oxygens (including phenoxy) is 1. The van der Waals surface area contributed by atoms with Gasteiger partial charge in [0.1, 0.15) is 5.75 Å². The Hall–Kier alpha value is -3.21. The number of carbonyl (C=O) groups excluding carboxylic acids is 1. The van der Waals surface area contributed by atoms with Gasteiger partial charge in [-0.1, -0.05) is 24.3 Å². The van der Waals surface area contributed by atoms with E-state index in [1.54, 1.807) is 25.7 Å². The van der Waals surface area contributed by atoms with Crippen molar-refractivity contribution in [2.75, 3.05) is 7.11 Å². The Morgan fingerprint density at radius 2 is 1.84 bits per heavy atom. The van der Waals surface area contributed by atoms with Crippen molar-refractivity contribution in [1.29, 1.82) is 0 Å². The zero-order valence-corrected chi connectivity index (χ0v) is 14.1. The lowest BCUT2D eigenvalue weighted by molar-refractivity contribution is -0.122. The molecule has 0 saturated heterocycles. The predicted molar refractivity (Wildman–Crippen MR) is 98.9 cm³/mol. The molecule has 1 N–H and O–H groups in total. The van der Waals surface area contributed by atoms with Crippen LogP contribution in [-0.2, 0) is 4.79 Å². The van der Waals surface area contributed by atoms with Crippen LogP contribution in [0.15, 0.2) is 66.0 Å². The van der Waals surface area contributed by atoms with Gasteiger partial charge in [0.15, 0.2) is 0 Å². The Bertz CT molecular complexity index is 907. The van der Waals surface area contributed by atoms with E-state index in [9.17, 15) is 4.79 Å². The molecule has 0 bridgehead atoms. The second kappa shape index (κ2) is 7.57. The number of pyridine rings is 1. The summed E-state index contributed by atoms with van der Waals surface area (Å²) in [5.41, 5.74) is 4.40. The molecule has 0 radical (unpaired) electrons. The van der Waals surface area contributed by atoms with Crippen LogP contribution in [-0.4, -0.2) is 24.2 Å². The average molecular weight is 333 g/mol. The lowest BCUT2D eigenvalue weighted by Crippen LogP contribution is -2.23. The van der Waals surface area contributed by atoms with E-state index in [-0.39, 0.29) is 11.8 Å². The summed E-state index contributed by atoms with van der Waals surface area (Å²) >= 11 is 0. The fourth-order valence-corrected chi connectivity index (χ4v) is 2.51. The number of rotatable bonds is 5. The number of nitrogens with one attached hydrogen (secondary N) is 1. The first-order valence-corrected chi connectivity index (χ1v) is 7.98. The van der Waals surface area contributed by atoms with Crippen molar-refractivity contribution in [3.63, 3.8) is 0 Å². The van der Waals surface area contributed by atoms with E-state index in [2.05, 4.69) is 15.5 Å². The molecular formula is C20H19N3O2. The maximum absolute atomic E-state index is 12.3. The van der Waals surface area contributed by atoms with Crippen molar-refractivity contribution in [3.05, 3.63) is 72.1 Å². The molecule has 1 amide bonds. The second-order valence-electron chi connectivity index (χ2n) is 5.71. The summed E-state index contributed by atoms with van der Waals surface area (Å²) in [7, 11) is 1.65. The van der Waals surface area contributed by atoms with Crippen molar-refractivity contribution >= 4 is 22.9 Å². The third kappa shape index (κ3) is 4.01. The highest BCUT2D eigenvalue weighted by molar-refractivity contribution is 5.89. The number of hydrazone groups is 1. The molecule has 0 aliphatic rings. The van der Waals surface area contributed by atoms with Crippen LogP contribution in [0, 0.1) is 0 Å². The van der Waals surface area contributed by atoms with E-state index in [4.69, 9.17) is 4.74 Å². The van der Waals surface area contributed by atoms with Crippen LogP contribution in [0.25, 0.3) is 10.8 Å². The molecule has 2 aromatic carbocycles. The van der Waals surface area contributed by atoms with Crippen molar-refractivity contribution in [3.8, 4) is 5.75 Å². The van der Waals surface area contributed by atoms with Crippen LogP contribution in [0.5, 0.6) is 5.75 Å². The van der Waals surface area contributed by atoms with Crippen LogP contribution in [0.1, 0.15) is 24.0 Å². The number of benzene rings is 2. The molecule has 0 spiro atoms. The number of hydrogen-bond donors (Lipinski definition) is 1. The number of hydrogen-bond acceptors (Lipinski definition) is 4. The van der Waals surface area contributed by atoms with E-state index in [1.165, 1.54) is 0 Å². The Balaban J connectivity index is 1.71. The molecule has 0 aliphatic heterocycles. The Morgan fingerprint density at radius 1 is 1.12 bits per heavy atom. The van der Waals surface area contributed by atoms with Crippen molar-refractivity contribution in [2.24, 2.45) is 5.10 Å². The highest BCUT2D eigenvalue weighted by atomic mass is 16.5. The SMILES string of the molecule is COc1ccc2cc([C@H](C)C(=O)N/N=C\c3ccncc3)ccc2c1. The summed E-state index contributed by atoms with van der Waals surface area (Å²) < 4.78 is 5.24. The van der Waals surface area contributed by atoms with Gasteiger partial charge in [-0.2, -0.15) is 5.10 Å². The summed E-state index contributed by atoms with van der Waals surface area (Å²) in [6.45, 7) is 1.86. The fraction of sp³-hybridized carbons (Fsp3) is 0.150. The maximum Gasteiger partial charge on any atom is 0.247 e. The zero-order chi connectivity index (χ0) is 17.6. The Morgan fingerprint density at radius 3 is 2.60 bits per heavy atom. The van der Waals surface area contributed by atoms with Crippen molar-refractivity contribution in [1.82, 2.24) is 10.4 Å². The normalized spacial score (nSPS) is 12.2. The second-order valence-corrected chi connectivity index (χ2v) is 5.71. The van der Waals surface area contributed by atoms with Crippen molar-refractivity contribution < 1.29 is 9.53 Å². The molecule has 5 heteroatoms. The van der Waals surface area contributed by atoms with Gasteiger partial charge in [0, 0.05) is 12.4 Å². The quantitative estimate of drug-likeness (QED) is 0.574. The minimum absolute atomic E-state index is 0.154. The minimum atomic E-state index is -0.305. The molecule has 1 atom stereocenters. The Labute approximate surface area is 146 Å². The van der Waals surface area contributed by atoms with E-state index < -0.39 is 0 Å². The first-order valence-electron chi connectivity index (χ1n) is 7.98. The molecule has 5 nitrogen and oxygen atoms in total. The number of aromatic nitrogens is 1. The van der Waals surface area contributed by atoms with E-state index in [1.807, 2.05) is 55.5 Å². The van der Waals surface area contributed by atoms with Crippen LogP contribution >= 0.6 is 0 Å². The molecule has 3 rings (SSSR count). The van der Waals surface area contributed by atoms with E-state index >= 15 is 0 Å². The molecule has 25 heavy (non-hydrogen) atoms. The summed E-state index contributed by atoms with van der Waals surface area (Å²) in [6.07, 6.45) is 4.95. The average Bonchev–Trinajstić information content (AvgIpc) is 2.67. The molecule has 0 fully saturated rings. The van der Waals surface area contributed by atoms with E-state index in [0.717, 1.165) is 27.6 Å². The summed E-state index contributed by atoms with van der Waals surface area (Å²) in [5.74, 6) is 0.357. The lowest BCUT2D eigenvalue weighted by Gasteiger charge is -2.11. The highest BCUT2D eigenvalue weighted by Crippen LogP contribution is 2.25. The number of amides is 1. The molecule has 1 aromatic heterocycles. The number of carbonyl (C=O) groups is 1. The number of fused-ring (bicyclic) bond motifs is 1. The standard InChI is InChI=1S/C20H19N3O2/c1-14(20(24)23-22-13-15-7-9-21-10-8-15)16-3-4-18-12-19(25-2)6-5-17(18)11-16/h3-14H,1-2H3,(H,23,24)/b22-13-/t14-/m0/s1. The zero-order valence-electron chi connectivity index (χ0n) is 14.1. The molecule has 0 saturated carbocycles. The third-order valence-corrected chi connectivity index (χ3v) is 4.06. The lowest BCUT2D eigenvalue weighted by atomic mass is 9.97. The van der Waals surface area contributed by atoms with Gasteiger partial charge in [-0.3, -0.25) is 9.78 Å². The van der Waals surface area contributed by atoms with Gasteiger partial charge in [0.2, 0.25) is 5.91 Å². The monoisotopic (exact) mass is 333 g/mol. The molecule has 3 aromatic rings. The van der Waals surface area contributed by atoms with Crippen LogP contribution < -0.4 is 10.2 Å². The third-order valence-electron chi connectivity index (χ3n) is 4.06. The highest BCUT2D eigenvalue weighted by Gasteiger charge is 2.15. The van der Waals surface area contributed by atoms with Gasteiger partial charge >= 0.3 is 0 Å². The predicted octanol–water partition coefficient (Wildman–Crippen LogP) is 3.50. The fourth-order valence-electron chi connectivity index (χ4n) is 2.51. The van der Waals surface area contributed by atoms with Crippen LogP contribution in [0.2, 0.25) is 0 Å². The summed E-state index contributed by atoms with van der Waals surface area (Å²) in [6, 6.07) is 15.5. The van der Waals surface area contributed by atoms with E-state index in [0.29, 0.717) is 0 Å². The topological polar surface area (TPSA) is 63.6 Å². The molecule has 1 heterocycles. The largest absolute Gasteiger partial charge is 0.497 e. The van der Waals surface area contributed by atoms with Crippen LogP contribution in [0.4, 0.5) is 0 Å². The van der Waals surface area contributed by atoms with Gasteiger partial charge < -0.3 is 4.74 Å².